The minimum atomic E-state index is -2.33. The van der Waals surface area contributed by atoms with Crippen molar-refractivity contribution in [3.05, 3.63) is 136 Å². The lowest BCUT2D eigenvalue weighted by atomic mass is 10.1. The van der Waals surface area contributed by atoms with Gasteiger partial charge in [0, 0.05) is 11.1 Å². The molecule has 0 aliphatic rings. The van der Waals surface area contributed by atoms with Crippen LogP contribution in [0.25, 0.3) is 0 Å². The standard InChI is InChI=1S/C28H16F5NO/c29-23-22(24(30)26(32)27(33)25(23)31)28(35)34(17-19-11-5-2-6-12-19)21-14-8-7-13-20(21)16-15-18-9-3-1-4-10-18/h1-14H,17H2. The van der Waals surface area contributed by atoms with Crippen molar-refractivity contribution in [2.45, 2.75) is 6.54 Å². The summed E-state index contributed by atoms with van der Waals surface area (Å²) in [6.45, 7) is -0.205. The number of anilines is 1. The highest BCUT2D eigenvalue weighted by Crippen LogP contribution is 2.29. The van der Waals surface area contributed by atoms with Gasteiger partial charge in [-0.3, -0.25) is 4.79 Å². The van der Waals surface area contributed by atoms with E-state index in [2.05, 4.69) is 11.8 Å². The molecule has 1 amide bonds. The molecular weight excluding hydrogens is 461 g/mol. The van der Waals surface area contributed by atoms with Crippen LogP contribution < -0.4 is 4.90 Å². The number of carbonyl (C=O) groups excluding carboxylic acids is 1. The number of nitrogens with zero attached hydrogens (tertiary/aromatic N) is 1. The summed E-state index contributed by atoms with van der Waals surface area (Å²) in [6, 6.07) is 23.7. The maximum Gasteiger partial charge on any atom is 0.264 e. The van der Waals surface area contributed by atoms with Crippen LogP contribution in [-0.2, 0) is 6.54 Å². The summed E-state index contributed by atoms with van der Waals surface area (Å²) in [7, 11) is 0. The van der Waals surface area contributed by atoms with Gasteiger partial charge in [-0.2, -0.15) is 0 Å². The molecule has 0 aromatic heterocycles. The number of para-hydroxylation sites is 1. The monoisotopic (exact) mass is 477 g/mol. The molecule has 0 saturated heterocycles. The molecule has 0 radical (unpaired) electrons. The van der Waals surface area contributed by atoms with E-state index < -0.39 is 40.6 Å². The van der Waals surface area contributed by atoms with E-state index in [0.717, 1.165) is 4.90 Å². The Labute approximate surface area is 198 Å². The third-order valence-corrected chi connectivity index (χ3v) is 5.16. The van der Waals surface area contributed by atoms with Crippen molar-refractivity contribution in [2.75, 3.05) is 4.90 Å². The van der Waals surface area contributed by atoms with Crippen LogP contribution >= 0.6 is 0 Å². The minimum Gasteiger partial charge on any atom is -0.302 e. The quantitative estimate of drug-likeness (QED) is 0.140. The normalized spacial score (nSPS) is 10.4. The fraction of sp³-hybridized carbons (Fsp3) is 0.0357. The van der Waals surface area contributed by atoms with Gasteiger partial charge < -0.3 is 4.90 Å². The lowest BCUT2D eigenvalue weighted by Gasteiger charge is -2.25. The molecule has 0 heterocycles. The van der Waals surface area contributed by atoms with Crippen molar-refractivity contribution in [3.63, 3.8) is 0 Å². The van der Waals surface area contributed by atoms with E-state index in [-0.39, 0.29) is 12.2 Å². The molecule has 2 nitrogen and oxygen atoms in total. The van der Waals surface area contributed by atoms with E-state index in [4.69, 9.17) is 0 Å². The van der Waals surface area contributed by atoms with Crippen molar-refractivity contribution >= 4 is 11.6 Å². The Balaban J connectivity index is 1.87. The van der Waals surface area contributed by atoms with Gasteiger partial charge in [0.2, 0.25) is 5.82 Å². The predicted octanol–water partition coefficient (Wildman–Crippen LogP) is 6.63. The van der Waals surface area contributed by atoms with Gasteiger partial charge in [-0.15, -0.1) is 0 Å². The average molecular weight is 477 g/mol. The number of halogens is 5. The van der Waals surface area contributed by atoms with Crippen LogP contribution in [-0.4, -0.2) is 5.91 Å². The van der Waals surface area contributed by atoms with Crippen LogP contribution in [0.15, 0.2) is 84.9 Å². The fourth-order valence-electron chi connectivity index (χ4n) is 3.44. The summed E-state index contributed by atoms with van der Waals surface area (Å²) in [4.78, 5) is 14.3. The Hall–Kier alpha value is -4.44. The van der Waals surface area contributed by atoms with Crippen LogP contribution in [0.2, 0.25) is 0 Å². The molecular formula is C28H16F5NO. The Kier molecular flexibility index (Phi) is 6.93. The molecule has 0 aliphatic carbocycles. The molecule has 7 heteroatoms. The molecule has 4 rings (SSSR count). The summed E-state index contributed by atoms with van der Waals surface area (Å²) in [6.07, 6.45) is 0. The lowest BCUT2D eigenvalue weighted by molar-refractivity contribution is 0.0973. The van der Waals surface area contributed by atoms with Crippen LogP contribution in [0.1, 0.15) is 27.0 Å². The van der Waals surface area contributed by atoms with E-state index >= 15 is 0 Å². The van der Waals surface area contributed by atoms with Gasteiger partial charge in [0.05, 0.1) is 12.2 Å². The number of benzene rings is 4. The van der Waals surface area contributed by atoms with Gasteiger partial charge in [0.1, 0.15) is 5.56 Å². The van der Waals surface area contributed by atoms with Gasteiger partial charge in [0.25, 0.3) is 5.91 Å². The van der Waals surface area contributed by atoms with Gasteiger partial charge in [0.15, 0.2) is 23.3 Å². The zero-order valence-electron chi connectivity index (χ0n) is 18.0. The highest BCUT2D eigenvalue weighted by Gasteiger charge is 2.33. The number of amides is 1. The molecule has 0 unspecified atom stereocenters. The summed E-state index contributed by atoms with van der Waals surface area (Å²) < 4.78 is 70.4. The summed E-state index contributed by atoms with van der Waals surface area (Å²) >= 11 is 0. The second kappa shape index (κ2) is 10.2. The van der Waals surface area contributed by atoms with Crippen molar-refractivity contribution < 1.29 is 26.7 Å². The third-order valence-electron chi connectivity index (χ3n) is 5.16. The van der Waals surface area contributed by atoms with Gasteiger partial charge >= 0.3 is 0 Å². The van der Waals surface area contributed by atoms with Gasteiger partial charge in [-0.05, 0) is 29.8 Å². The summed E-state index contributed by atoms with van der Waals surface area (Å²) in [5.74, 6) is -6.64. The first-order chi connectivity index (χ1) is 16.9. The molecule has 0 aliphatic heterocycles. The Morgan fingerprint density at radius 2 is 1.14 bits per heavy atom. The molecule has 0 N–H and O–H groups in total. The molecule has 4 aromatic carbocycles. The van der Waals surface area contributed by atoms with E-state index in [9.17, 15) is 26.7 Å². The molecule has 0 bridgehead atoms. The lowest BCUT2D eigenvalue weighted by Crippen LogP contribution is -2.33. The van der Waals surface area contributed by atoms with Crippen LogP contribution in [0, 0.1) is 40.9 Å². The second-order valence-electron chi connectivity index (χ2n) is 7.45. The van der Waals surface area contributed by atoms with Crippen LogP contribution in [0.5, 0.6) is 0 Å². The van der Waals surface area contributed by atoms with E-state index in [1.165, 1.54) is 6.07 Å². The number of hydrogen-bond donors (Lipinski definition) is 0. The third kappa shape index (κ3) is 4.92. The molecule has 0 atom stereocenters. The van der Waals surface area contributed by atoms with Gasteiger partial charge in [-0.1, -0.05) is 72.5 Å². The first-order valence-electron chi connectivity index (χ1n) is 10.4. The number of rotatable bonds is 4. The smallest absolute Gasteiger partial charge is 0.264 e. The fourth-order valence-corrected chi connectivity index (χ4v) is 3.44. The molecule has 174 valence electrons. The minimum absolute atomic E-state index is 0.147. The molecule has 35 heavy (non-hydrogen) atoms. The molecule has 0 spiro atoms. The molecule has 0 fully saturated rings. The summed E-state index contributed by atoms with van der Waals surface area (Å²) in [5, 5.41) is 0. The van der Waals surface area contributed by atoms with Gasteiger partial charge in [-0.25, -0.2) is 22.0 Å². The Morgan fingerprint density at radius 3 is 1.77 bits per heavy atom. The van der Waals surface area contributed by atoms with Crippen molar-refractivity contribution in [1.29, 1.82) is 0 Å². The maximum atomic E-state index is 14.5. The van der Waals surface area contributed by atoms with Crippen LogP contribution in [0.4, 0.5) is 27.6 Å². The number of hydrogen-bond acceptors (Lipinski definition) is 1. The zero-order valence-corrected chi connectivity index (χ0v) is 18.0. The maximum absolute atomic E-state index is 14.5. The molecule has 4 aromatic rings. The number of carbonyl (C=O) groups is 1. The largest absolute Gasteiger partial charge is 0.302 e. The van der Waals surface area contributed by atoms with Crippen molar-refractivity contribution in [3.8, 4) is 11.8 Å². The second-order valence-corrected chi connectivity index (χ2v) is 7.45. The zero-order chi connectivity index (χ0) is 24.9. The van der Waals surface area contributed by atoms with E-state index in [1.54, 1.807) is 72.8 Å². The van der Waals surface area contributed by atoms with E-state index in [1.807, 2.05) is 6.07 Å². The van der Waals surface area contributed by atoms with E-state index in [0.29, 0.717) is 16.7 Å². The topological polar surface area (TPSA) is 20.3 Å². The highest BCUT2D eigenvalue weighted by molar-refractivity contribution is 6.07. The SMILES string of the molecule is O=C(c1c(F)c(F)c(F)c(F)c1F)N(Cc1ccccc1)c1ccccc1C#Cc1ccccc1. The van der Waals surface area contributed by atoms with Crippen molar-refractivity contribution in [2.24, 2.45) is 0 Å². The molecule has 0 saturated carbocycles. The van der Waals surface area contributed by atoms with Crippen LogP contribution in [0.3, 0.4) is 0 Å². The first-order valence-corrected chi connectivity index (χ1v) is 10.4. The Morgan fingerprint density at radius 1 is 0.629 bits per heavy atom. The summed E-state index contributed by atoms with van der Waals surface area (Å²) in [5.41, 5.74) is 0.180. The highest BCUT2D eigenvalue weighted by atomic mass is 19.2. The Bertz CT molecular complexity index is 1410. The predicted molar refractivity (Wildman–Crippen MR) is 122 cm³/mol. The first kappa shape index (κ1) is 23.7. The van der Waals surface area contributed by atoms with Crippen molar-refractivity contribution in [1.82, 2.24) is 0 Å². The average Bonchev–Trinajstić information content (AvgIpc) is 2.89.